The van der Waals surface area contributed by atoms with Gasteiger partial charge in [-0.3, -0.25) is 9.54 Å². The normalized spacial score (nSPS) is 11.4. The zero-order valence-corrected chi connectivity index (χ0v) is 6.45. The van der Waals surface area contributed by atoms with Crippen LogP contribution < -0.4 is 0 Å². The molecule has 60 valence electrons. The van der Waals surface area contributed by atoms with Gasteiger partial charge in [-0.1, -0.05) is 6.07 Å². The van der Waals surface area contributed by atoms with E-state index >= 15 is 0 Å². The molecule has 0 unspecified atom stereocenters. The summed E-state index contributed by atoms with van der Waals surface area (Å²) in [6, 6.07) is 3.20. The first-order valence-corrected chi connectivity index (χ1v) is 4.53. The summed E-state index contributed by atoms with van der Waals surface area (Å²) in [6.45, 7) is 0. The van der Waals surface area contributed by atoms with Crippen molar-refractivity contribution in [1.29, 1.82) is 0 Å². The summed E-state index contributed by atoms with van der Waals surface area (Å²) in [7, 11) is -3.92. The second kappa shape index (κ2) is 2.98. The number of aromatic nitrogens is 1. The Kier molecular flexibility index (Phi) is 2.21. The van der Waals surface area contributed by atoms with Crippen molar-refractivity contribution in [2.75, 3.05) is 0 Å². The molecule has 0 amide bonds. The Morgan fingerprint density at radius 1 is 1.55 bits per heavy atom. The average Bonchev–Trinajstić information content (AvgIpc) is 1.85. The number of pyridine rings is 1. The number of nitrogens with zero attached hydrogens (tertiary/aromatic N) is 1. The van der Waals surface area contributed by atoms with Crippen LogP contribution in [0, 0.1) is 0 Å². The van der Waals surface area contributed by atoms with Crippen molar-refractivity contribution in [2.24, 2.45) is 0 Å². The molecule has 1 aromatic heterocycles. The van der Waals surface area contributed by atoms with Crippen molar-refractivity contribution in [3.63, 3.8) is 0 Å². The van der Waals surface area contributed by atoms with Crippen LogP contribution in [-0.2, 0) is 15.9 Å². The molecule has 0 bridgehead atoms. The largest absolute Gasteiger partial charge is 0.285 e. The van der Waals surface area contributed by atoms with Gasteiger partial charge in [0, 0.05) is 12.4 Å². The van der Waals surface area contributed by atoms with Crippen molar-refractivity contribution in [3.05, 3.63) is 30.1 Å². The van der Waals surface area contributed by atoms with Crippen LogP contribution >= 0.6 is 0 Å². The summed E-state index contributed by atoms with van der Waals surface area (Å²) in [5, 5.41) is 0. The maximum absolute atomic E-state index is 10.3. The predicted octanol–water partition coefficient (Wildman–Crippen LogP) is 0.469. The lowest BCUT2D eigenvalue weighted by atomic mass is 10.3. The summed E-state index contributed by atoms with van der Waals surface area (Å²) in [5.74, 6) is -0.374. The fourth-order valence-corrected chi connectivity index (χ4v) is 1.29. The average molecular weight is 173 g/mol. The lowest BCUT2D eigenvalue weighted by Gasteiger charge is -1.94. The minimum atomic E-state index is -3.92. The lowest BCUT2D eigenvalue weighted by Crippen LogP contribution is -2.01. The second-order valence-corrected chi connectivity index (χ2v) is 3.54. The number of hydrogen-bond donors (Lipinski definition) is 1. The molecule has 0 atom stereocenters. The highest BCUT2D eigenvalue weighted by molar-refractivity contribution is 7.85. The van der Waals surface area contributed by atoms with E-state index in [1.54, 1.807) is 12.1 Å². The maximum atomic E-state index is 10.3. The Balaban J connectivity index is 2.82. The van der Waals surface area contributed by atoms with E-state index in [0.29, 0.717) is 5.56 Å². The first kappa shape index (κ1) is 8.16. The molecule has 11 heavy (non-hydrogen) atoms. The van der Waals surface area contributed by atoms with Crippen LogP contribution in [0.3, 0.4) is 0 Å². The third-order valence-corrected chi connectivity index (χ3v) is 1.77. The van der Waals surface area contributed by atoms with Crippen molar-refractivity contribution in [2.45, 2.75) is 5.75 Å². The topological polar surface area (TPSA) is 67.3 Å². The molecule has 0 aliphatic rings. The van der Waals surface area contributed by atoms with Gasteiger partial charge in [-0.25, -0.2) is 0 Å². The van der Waals surface area contributed by atoms with Crippen LogP contribution in [-0.4, -0.2) is 18.0 Å². The molecule has 0 saturated carbocycles. The third kappa shape index (κ3) is 3.10. The molecule has 4 nitrogen and oxygen atoms in total. The van der Waals surface area contributed by atoms with E-state index in [0.717, 1.165) is 0 Å². The highest BCUT2D eigenvalue weighted by atomic mass is 32.2. The van der Waals surface area contributed by atoms with Gasteiger partial charge in [-0.05, 0) is 11.6 Å². The molecule has 1 heterocycles. The van der Waals surface area contributed by atoms with Crippen LogP contribution in [0.1, 0.15) is 5.56 Å². The molecule has 1 rings (SSSR count). The highest BCUT2D eigenvalue weighted by Crippen LogP contribution is 2.00. The molecule has 0 radical (unpaired) electrons. The second-order valence-electron chi connectivity index (χ2n) is 2.09. The van der Waals surface area contributed by atoms with Crippen LogP contribution in [0.2, 0.25) is 0 Å². The minimum Gasteiger partial charge on any atom is -0.285 e. The Bertz CT molecular complexity index is 319. The summed E-state index contributed by atoms with van der Waals surface area (Å²) < 4.78 is 29.1. The van der Waals surface area contributed by atoms with E-state index in [9.17, 15) is 8.42 Å². The van der Waals surface area contributed by atoms with Crippen molar-refractivity contribution < 1.29 is 13.0 Å². The van der Waals surface area contributed by atoms with Crippen LogP contribution in [0.15, 0.2) is 24.5 Å². The maximum Gasteiger partial charge on any atom is 0.269 e. The fourth-order valence-electron chi connectivity index (χ4n) is 0.694. The van der Waals surface area contributed by atoms with Crippen molar-refractivity contribution >= 4 is 10.1 Å². The summed E-state index contributed by atoms with van der Waals surface area (Å²) >= 11 is 0. The van der Waals surface area contributed by atoms with Crippen molar-refractivity contribution in [3.8, 4) is 0 Å². The van der Waals surface area contributed by atoms with Crippen LogP contribution in [0.25, 0.3) is 0 Å². The zero-order valence-electron chi connectivity index (χ0n) is 5.64. The Labute approximate surface area is 64.6 Å². The van der Waals surface area contributed by atoms with Gasteiger partial charge in [0.25, 0.3) is 10.1 Å². The molecule has 1 N–H and O–H groups in total. The van der Waals surface area contributed by atoms with E-state index < -0.39 is 10.1 Å². The molecule has 5 heteroatoms. The van der Waals surface area contributed by atoms with Gasteiger partial charge in [-0.2, -0.15) is 8.42 Å². The van der Waals surface area contributed by atoms with Crippen LogP contribution in [0.4, 0.5) is 0 Å². The standard InChI is InChI=1S/C6H7NO3S/c8-11(9,10)5-6-2-1-3-7-4-6/h1-4H,5H2,(H,8,9,10). The Hall–Kier alpha value is -0.940. The highest BCUT2D eigenvalue weighted by Gasteiger charge is 2.04. The molecule has 0 fully saturated rings. The Morgan fingerprint density at radius 2 is 2.27 bits per heavy atom. The Morgan fingerprint density at radius 3 is 2.73 bits per heavy atom. The van der Waals surface area contributed by atoms with E-state index in [1.807, 2.05) is 0 Å². The molecular weight excluding hydrogens is 166 g/mol. The van der Waals surface area contributed by atoms with Gasteiger partial charge in [0.05, 0.1) is 0 Å². The molecule has 0 spiro atoms. The summed E-state index contributed by atoms with van der Waals surface area (Å²) in [5.41, 5.74) is 0.481. The predicted molar refractivity (Wildman–Crippen MR) is 39.5 cm³/mol. The van der Waals surface area contributed by atoms with Crippen molar-refractivity contribution in [1.82, 2.24) is 4.98 Å². The number of rotatable bonds is 2. The molecule has 1 aromatic rings. The molecular formula is C6H7NO3S. The zero-order chi connectivity index (χ0) is 8.32. The molecule has 0 aliphatic heterocycles. The first-order chi connectivity index (χ1) is 5.08. The minimum absolute atomic E-state index is 0.374. The van der Waals surface area contributed by atoms with E-state index in [-0.39, 0.29) is 5.75 Å². The SMILES string of the molecule is O=S(=O)(O)Cc1cccnc1. The fraction of sp³-hybridized carbons (Fsp3) is 0.167. The summed E-state index contributed by atoms with van der Waals surface area (Å²) in [4.78, 5) is 3.69. The third-order valence-electron chi connectivity index (χ3n) is 1.07. The molecule has 0 saturated heterocycles. The van der Waals surface area contributed by atoms with Gasteiger partial charge >= 0.3 is 0 Å². The van der Waals surface area contributed by atoms with E-state index in [2.05, 4.69) is 4.98 Å². The van der Waals surface area contributed by atoms with E-state index in [4.69, 9.17) is 4.55 Å². The molecule has 0 aromatic carbocycles. The smallest absolute Gasteiger partial charge is 0.269 e. The monoisotopic (exact) mass is 173 g/mol. The first-order valence-electron chi connectivity index (χ1n) is 2.92. The lowest BCUT2D eigenvalue weighted by molar-refractivity contribution is 0.482. The summed E-state index contributed by atoms with van der Waals surface area (Å²) in [6.07, 6.45) is 2.93. The van der Waals surface area contributed by atoms with Gasteiger partial charge in [0.2, 0.25) is 0 Å². The van der Waals surface area contributed by atoms with Crippen LogP contribution in [0.5, 0.6) is 0 Å². The quantitative estimate of drug-likeness (QED) is 0.660. The van der Waals surface area contributed by atoms with Gasteiger partial charge < -0.3 is 0 Å². The number of hydrogen-bond acceptors (Lipinski definition) is 3. The molecule has 0 aliphatic carbocycles. The van der Waals surface area contributed by atoms with Gasteiger partial charge in [-0.15, -0.1) is 0 Å². The van der Waals surface area contributed by atoms with Gasteiger partial charge in [0.1, 0.15) is 5.75 Å². The van der Waals surface area contributed by atoms with Gasteiger partial charge in [0.15, 0.2) is 0 Å². The van der Waals surface area contributed by atoms with E-state index in [1.165, 1.54) is 12.4 Å².